The maximum Gasteiger partial charge on any atom is 0.246 e. The van der Waals surface area contributed by atoms with E-state index in [1.165, 1.54) is 39.2 Å². The molecule has 1 saturated heterocycles. The van der Waals surface area contributed by atoms with Crippen molar-refractivity contribution in [1.82, 2.24) is 25.1 Å². The first-order valence-corrected chi connectivity index (χ1v) is 10.3. The SMILES string of the molecule is COCC(=O)N[C@@H]1CN(CC(=O)NCC2CCCCC2)C[C@H]1c1nccn1C. The molecule has 0 unspecified atom stereocenters. The summed E-state index contributed by atoms with van der Waals surface area (Å²) >= 11 is 0. The molecular weight excluding hydrogens is 358 g/mol. The molecule has 156 valence electrons. The van der Waals surface area contributed by atoms with Crippen LogP contribution >= 0.6 is 0 Å². The van der Waals surface area contributed by atoms with Gasteiger partial charge in [-0.3, -0.25) is 14.5 Å². The van der Waals surface area contributed by atoms with Gasteiger partial charge in [0.15, 0.2) is 0 Å². The molecule has 8 heteroatoms. The van der Waals surface area contributed by atoms with Gasteiger partial charge in [0.2, 0.25) is 11.8 Å². The van der Waals surface area contributed by atoms with Crippen LogP contribution in [-0.2, 0) is 21.4 Å². The van der Waals surface area contributed by atoms with Crippen molar-refractivity contribution >= 4 is 11.8 Å². The third-order valence-corrected chi connectivity index (χ3v) is 5.89. The topological polar surface area (TPSA) is 88.5 Å². The van der Waals surface area contributed by atoms with Crippen LogP contribution in [0.25, 0.3) is 0 Å². The number of aromatic nitrogens is 2. The number of imidazole rings is 1. The average Bonchev–Trinajstić information content (AvgIpc) is 3.26. The van der Waals surface area contributed by atoms with Crippen LogP contribution < -0.4 is 10.6 Å². The first kappa shape index (κ1) is 20.8. The average molecular weight is 392 g/mol. The van der Waals surface area contributed by atoms with Crippen LogP contribution in [0.4, 0.5) is 0 Å². The van der Waals surface area contributed by atoms with Gasteiger partial charge in [0.1, 0.15) is 12.4 Å². The predicted octanol–water partition coefficient (Wildman–Crippen LogP) is 0.647. The second-order valence-electron chi connectivity index (χ2n) is 8.11. The lowest BCUT2D eigenvalue weighted by atomic mass is 9.89. The van der Waals surface area contributed by atoms with Crippen molar-refractivity contribution in [2.24, 2.45) is 13.0 Å². The standard InChI is InChI=1S/C20H33N5O3/c1-24-9-8-21-20(24)16-11-25(12-17(16)23-19(27)14-28-2)13-18(26)22-10-15-6-4-3-5-7-15/h8-9,15-17H,3-7,10-14H2,1-2H3,(H,22,26)(H,23,27)/t16-,17-/m1/s1. The molecule has 0 bridgehead atoms. The fraction of sp³-hybridized carbons (Fsp3) is 0.750. The summed E-state index contributed by atoms with van der Waals surface area (Å²) in [4.78, 5) is 31.1. The Hall–Kier alpha value is -1.93. The third-order valence-electron chi connectivity index (χ3n) is 5.89. The Morgan fingerprint density at radius 1 is 1.21 bits per heavy atom. The van der Waals surface area contributed by atoms with Gasteiger partial charge in [0.25, 0.3) is 0 Å². The van der Waals surface area contributed by atoms with E-state index in [2.05, 4.69) is 20.5 Å². The third kappa shape index (κ3) is 5.54. The summed E-state index contributed by atoms with van der Waals surface area (Å²) < 4.78 is 6.91. The van der Waals surface area contributed by atoms with Gasteiger partial charge < -0.3 is 19.9 Å². The van der Waals surface area contributed by atoms with E-state index >= 15 is 0 Å². The van der Waals surface area contributed by atoms with Crippen molar-refractivity contribution < 1.29 is 14.3 Å². The monoisotopic (exact) mass is 391 g/mol. The molecule has 3 rings (SSSR count). The Morgan fingerprint density at radius 2 is 2.00 bits per heavy atom. The largest absolute Gasteiger partial charge is 0.375 e. The van der Waals surface area contributed by atoms with E-state index in [0.717, 1.165) is 12.4 Å². The van der Waals surface area contributed by atoms with Crippen molar-refractivity contribution in [1.29, 1.82) is 0 Å². The molecule has 2 heterocycles. The summed E-state index contributed by atoms with van der Waals surface area (Å²) in [6, 6.07) is -0.0881. The molecule has 2 fully saturated rings. The van der Waals surface area contributed by atoms with Gasteiger partial charge in [-0.25, -0.2) is 4.98 Å². The Kier molecular flexibility index (Phi) is 7.44. The molecule has 1 aliphatic carbocycles. The van der Waals surface area contributed by atoms with E-state index < -0.39 is 0 Å². The minimum absolute atomic E-state index is 0.0334. The van der Waals surface area contributed by atoms with Crippen LogP contribution in [0, 0.1) is 5.92 Å². The van der Waals surface area contributed by atoms with E-state index in [4.69, 9.17) is 4.74 Å². The molecule has 1 aromatic heterocycles. The van der Waals surface area contributed by atoms with Crippen LogP contribution in [0.15, 0.2) is 12.4 Å². The number of hydrogen-bond acceptors (Lipinski definition) is 5. The highest BCUT2D eigenvalue weighted by molar-refractivity contribution is 5.78. The zero-order valence-electron chi connectivity index (χ0n) is 17.0. The van der Waals surface area contributed by atoms with Gasteiger partial charge in [0.05, 0.1) is 18.5 Å². The molecule has 1 saturated carbocycles. The number of likely N-dealkylation sites (tertiary alicyclic amines) is 1. The summed E-state index contributed by atoms with van der Waals surface area (Å²) in [5, 5.41) is 6.15. The molecule has 2 atom stereocenters. The van der Waals surface area contributed by atoms with E-state index in [-0.39, 0.29) is 30.4 Å². The quantitative estimate of drug-likeness (QED) is 0.679. The lowest BCUT2D eigenvalue weighted by molar-refractivity contribution is -0.125. The van der Waals surface area contributed by atoms with Gasteiger partial charge in [0, 0.05) is 46.2 Å². The Bertz CT molecular complexity index is 656. The molecule has 28 heavy (non-hydrogen) atoms. The van der Waals surface area contributed by atoms with E-state index in [0.29, 0.717) is 25.6 Å². The predicted molar refractivity (Wildman–Crippen MR) is 106 cm³/mol. The normalized spacial score (nSPS) is 23.6. The zero-order valence-corrected chi connectivity index (χ0v) is 17.0. The van der Waals surface area contributed by atoms with Gasteiger partial charge in [-0.15, -0.1) is 0 Å². The summed E-state index contributed by atoms with van der Waals surface area (Å²) in [5.41, 5.74) is 0. The van der Waals surface area contributed by atoms with Crippen molar-refractivity contribution in [3.63, 3.8) is 0 Å². The molecule has 2 N–H and O–H groups in total. The number of rotatable bonds is 8. The molecular formula is C20H33N5O3. The van der Waals surface area contributed by atoms with Crippen molar-refractivity contribution in [2.75, 3.05) is 39.9 Å². The van der Waals surface area contributed by atoms with Crippen molar-refractivity contribution in [3.8, 4) is 0 Å². The maximum absolute atomic E-state index is 12.5. The fourth-order valence-electron chi connectivity index (χ4n) is 4.44. The minimum Gasteiger partial charge on any atom is -0.375 e. The number of carbonyl (C=O) groups excluding carboxylic acids is 2. The van der Waals surface area contributed by atoms with Crippen molar-refractivity contribution in [2.45, 2.75) is 44.1 Å². The highest BCUT2D eigenvalue weighted by Crippen LogP contribution is 2.26. The van der Waals surface area contributed by atoms with Gasteiger partial charge in [-0.05, 0) is 18.8 Å². The number of aryl methyl sites for hydroxylation is 1. The smallest absolute Gasteiger partial charge is 0.246 e. The second kappa shape index (κ2) is 10.0. The molecule has 0 radical (unpaired) electrons. The minimum atomic E-state index is -0.143. The lowest BCUT2D eigenvalue weighted by Crippen LogP contribution is -2.43. The molecule has 8 nitrogen and oxygen atoms in total. The molecule has 2 aliphatic rings. The number of amides is 2. The molecule has 0 spiro atoms. The number of nitrogens with zero attached hydrogens (tertiary/aromatic N) is 3. The molecule has 1 aromatic rings. The van der Waals surface area contributed by atoms with E-state index in [9.17, 15) is 9.59 Å². The summed E-state index contributed by atoms with van der Waals surface area (Å²) in [5.74, 6) is 1.51. The number of carbonyl (C=O) groups is 2. The van der Waals surface area contributed by atoms with E-state index in [1.54, 1.807) is 6.20 Å². The fourth-order valence-corrected chi connectivity index (χ4v) is 4.44. The number of ether oxygens (including phenoxy) is 1. The van der Waals surface area contributed by atoms with Gasteiger partial charge in [-0.2, -0.15) is 0 Å². The van der Waals surface area contributed by atoms with Crippen LogP contribution in [0.1, 0.15) is 43.8 Å². The van der Waals surface area contributed by atoms with Gasteiger partial charge in [-0.1, -0.05) is 19.3 Å². The molecule has 2 amide bonds. The lowest BCUT2D eigenvalue weighted by Gasteiger charge is -2.22. The molecule has 1 aliphatic heterocycles. The van der Waals surface area contributed by atoms with Crippen LogP contribution in [0.3, 0.4) is 0 Å². The Labute approximate surface area is 167 Å². The first-order chi connectivity index (χ1) is 13.6. The Morgan fingerprint density at radius 3 is 2.68 bits per heavy atom. The number of methoxy groups -OCH3 is 1. The first-order valence-electron chi connectivity index (χ1n) is 10.3. The van der Waals surface area contributed by atoms with E-state index in [1.807, 2.05) is 17.8 Å². The summed E-state index contributed by atoms with van der Waals surface area (Å²) in [6.07, 6.45) is 9.99. The highest BCUT2D eigenvalue weighted by atomic mass is 16.5. The summed E-state index contributed by atoms with van der Waals surface area (Å²) in [7, 11) is 3.46. The number of hydrogen-bond donors (Lipinski definition) is 2. The maximum atomic E-state index is 12.5. The molecule has 0 aromatic carbocycles. The van der Waals surface area contributed by atoms with Crippen LogP contribution in [0.5, 0.6) is 0 Å². The second-order valence-corrected chi connectivity index (χ2v) is 8.11. The van der Waals surface area contributed by atoms with Crippen LogP contribution in [-0.4, -0.2) is 72.2 Å². The van der Waals surface area contributed by atoms with Gasteiger partial charge >= 0.3 is 0 Å². The summed E-state index contributed by atoms with van der Waals surface area (Å²) in [6.45, 7) is 2.49. The number of nitrogens with one attached hydrogen (secondary N) is 2. The van der Waals surface area contributed by atoms with Crippen LogP contribution in [0.2, 0.25) is 0 Å². The van der Waals surface area contributed by atoms with Crippen molar-refractivity contribution in [3.05, 3.63) is 18.2 Å². The zero-order chi connectivity index (χ0) is 19.9. The highest BCUT2D eigenvalue weighted by Gasteiger charge is 2.37. The Balaban J connectivity index is 1.55.